The fourth-order valence-electron chi connectivity index (χ4n) is 3.06. The zero-order chi connectivity index (χ0) is 16.7. The molecule has 1 aliphatic rings. The molecule has 0 fully saturated rings. The molecule has 122 valence electrons. The molecule has 0 bridgehead atoms. The highest BCUT2D eigenvalue weighted by Gasteiger charge is 2.31. The quantitative estimate of drug-likeness (QED) is 0.706. The summed E-state index contributed by atoms with van der Waals surface area (Å²) in [5.41, 5.74) is 1.92. The van der Waals surface area contributed by atoms with E-state index in [4.69, 9.17) is 23.2 Å². The summed E-state index contributed by atoms with van der Waals surface area (Å²) < 4.78 is 15.0. The van der Waals surface area contributed by atoms with E-state index in [9.17, 15) is 4.39 Å². The minimum absolute atomic E-state index is 0.0148. The Bertz CT molecular complexity index is 879. The Balaban J connectivity index is 1.75. The normalized spacial score (nSPS) is 19.6. The Labute approximate surface area is 148 Å². The van der Waals surface area contributed by atoms with Gasteiger partial charge in [-0.1, -0.05) is 41.4 Å². The minimum atomic E-state index is -0.255. The summed E-state index contributed by atoms with van der Waals surface area (Å²) in [4.78, 5) is 4.27. The summed E-state index contributed by atoms with van der Waals surface area (Å²) >= 11 is 12.4. The Morgan fingerprint density at radius 3 is 2.67 bits per heavy atom. The summed E-state index contributed by atoms with van der Waals surface area (Å²) in [6.45, 7) is 0. The van der Waals surface area contributed by atoms with E-state index in [-0.39, 0.29) is 17.9 Å². The van der Waals surface area contributed by atoms with Crippen LogP contribution in [0.5, 0.6) is 0 Å². The number of anilines is 1. The van der Waals surface area contributed by atoms with E-state index in [0.717, 1.165) is 11.1 Å². The first-order chi connectivity index (χ1) is 11.6. The maximum atomic E-state index is 13.2. The van der Waals surface area contributed by atoms with Crippen molar-refractivity contribution in [2.75, 3.05) is 5.32 Å². The molecule has 7 heteroatoms. The summed E-state index contributed by atoms with van der Waals surface area (Å²) in [6, 6.07) is 11.8. The average Bonchev–Trinajstić information content (AvgIpc) is 3.03. The summed E-state index contributed by atoms with van der Waals surface area (Å²) in [7, 11) is 0. The molecule has 0 spiro atoms. The highest BCUT2D eigenvalue weighted by molar-refractivity contribution is 6.35. The number of rotatable bonds is 2. The van der Waals surface area contributed by atoms with Crippen LogP contribution in [0.1, 0.15) is 29.6 Å². The fourth-order valence-corrected chi connectivity index (χ4v) is 3.60. The lowest BCUT2D eigenvalue weighted by atomic mass is 9.93. The lowest BCUT2D eigenvalue weighted by molar-refractivity contribution is 0.430. The van der Waals surface area contributed by atoms with E-state index < -0.39 is 0 Å². The van der Waals surface area contributed by atoms with Gasteiger partial charge in [-0.25, -0.2) is 9.07 Å². The standard InChI is InChI=1S/C17H13Cl2FN4/c18-11-3-6-13(14(19)7-11)16-8-15(10-1-4-12(20)5-2-10)23-17-21-9-22-24(16)17/h1-7,9,15-16H,8H2,(H,21,22,23)/t15-,16-/m0/s1. The second kappa shape index (κ2) is 6.07. The highest BCUT2D eigenvalue weighted by atomic mass is 35.5. The first-order valence-electron chi connectivity index (χ1n) is 7.48. The second-order valence-corrected chi connectivity index (χ2v) is 6.54. The molecule has 3 aromatic rings. The lowest BCUT2D eigenvalue weighted by Crippen LogP contribution is -2.28. The van der Waals surface area contributed by atoms with Crippen LogP contribution in [-0.2, 0) is 0 Å². The summed E-state index contributed by atoms with van der Waals surface area (Å²) in [5.74, 6) is 0.404. The molecular weight excluding hydrogens is 350 g/mol. The van der Waals surface area contributed by atoms with Gasteiger partial charge >= 0.3 is 0 Å². The Morgan fingerprint density at radius 1 is 1.12 bits per heavy atom. The van der Waals surface area contributed by atoms with Crippen molar-refractivity contribution in [3.05, 3.63) is 75.8 Å². The number of benzene rings is 2. The molecule has 0 aliphatic carbocycles. The molecule has 1 aromatic heterocycles. The first-order valence-corrected chi connectivity index (χ1v) is 8.24. The van der Waals surface area contributed by atoms with Gasteiger partial charge in [0, 0.05) is 10.0 Å². The summed E-state index contributed by atoms with van der Waals surface area (Å²) in [6.07, 6.45) is 2.22. The molecule has 2 heterocycles. The molecule has 1 N–H and O–H groups in total. The van der Waals surface area contributed by atoms with Crippen LogP contribution in [-0.4, -0.2) is 14.8 Å². The van der Waals surface area contributed by atoms with Crippen molar-refractivity contribution >= 4 is 29.2 Å². The number of nitrogens with one attached hydrogen (secondary N) is 1. The van der Waals surface area contributed by atoms with E-state index in [1.54, 1.807) is 18.2 Å². The van der Waals surface area contributed by atoms with Crippen molar-refractivity contribution in [3.63, 3.8) is 0 Å². The van der Waals surface area contributed by atoms with Gasteiger partial charge in [0.15, 0.2) is 0 Å². The van der Waals surface area contributed by atoms with Gasteiger partial charge in [0.2, 0.25) is 5.95 Å². The number of hydrogen-bond donors (Lipinski definition) is 1. The van der Waals surface area contributed by atoms with Crippen LogP contribution in [0.3, 0.4) is 0 Å². The van der Waals surface area contributed by atoms with Crippen molar-refractivity contribution < 1.29 is 4.39 Å². The topological polar surface area (TPSA) is 42.7 Å². The molecule has 4 rings (SSSR count). The van der Waals surface area contributed by atoms with Gasteiger partial charge < -0.3 is 5.32 Å². The predicted molar refractivity (Wildman–Crippen MR) is 92.0 cm³/mol. The molecule has 0 unspecified atom stereocenters. The van der Waals surface area contributed by atoms with Crippen LogP contribution in [0, 0.1) is 5.82 Å². The number of fused-ring (bicyclic) bond motifs is 1. The van der Waals surface area contributed by atoms with Gasteiger partial charge in [0.1, 0.15) is 12.1 Å². The third kappa shape index (κ3) is 2.74. The van der Waals surface area contributed by atoms with Gasteiger partial charge in [-0.15, -0.1) is 0 Å². The summed E-state index contributed by atoms with van der Waals surface area (Å²) in [5, 5.41) is 8.83. The van der Waals surface area contributed by atoms with E-state index in [1.165, 1.54) is 18.5 Å². The maximum Gasteiger partial charge on any atom is 0.222 e. The Morgan fingerprint density at radius 2 is 1.92 bits per heavy atom. The molecule has 4 nitrogen and oxygen atoms in total. The number of nitrogens with zero attached hydrogens (tertiary/aromatic N) is 3. The van der Waals surface area contributed by atoms with E-state index >= 15 is 0 Å². The largest absolute Gasteiger partial charge is 0.348 e. The smallest absolute Gasteiger partial charge is 0.222 e. The van der Waals surface area contributed by atoms with Crippen LogP contribution in [0.25, 0.3) is 0 Å². The van der Waals surface area contributed by atoms with Crippen LogP contribution in [0.2, 0.25) is 10.0 Å². The van der Waals surface area contributed by atoms with Crippen molar-refractivity contribution in [3.8, 4) is 0 Å². The van der Waals surface area contributed by atoms with Crippen LogP contribution < -0.4 is 5.32 Å². The van der Waals surface area contributed by atoms with E-state index in [2.05, 4.69) is 15.4 Å². The molecule has 2 atom stereocenters. The highest BCUT2D eigenvalue weighted by Crippen LogP contribution is 2.40. The van der Waals surface area contributed by atoms with E-state index in [1.807, 2.05) is 16.8 Å². The van der Waals surface area contributed by atoms with Crippen molar-refractivity contribution in [1.29, 1.82) is 0 Å². The van der Waals surface area contributed by atoms with Crippen molar-refractivity contribution in [2.45, 2.75) is 18.5 Å². The van der Waals surface area contributed by atoms with Crippen LogP contribution in [0.4, 0.5) is 10.3 Å². The molecule has 0 amide bonds. The molecule has 24 heavy (non-hydrogen) atoms. The molecule has 0 radical (unpaired) electrons. The van der Waals surface area contributed by atoms with Gasteiger partial charge in [0.05, 0.1) is 12.1 Å². The van der Waals surface area contributed by atoms with Crippen LogP contribution >= 0.6 is 23.2 Å². The second-order valence-electron chi connectivity index (χ2n) is 5.69. The predicted octanol–water partition coefficient (Wildman–Crippen LogP) is 4.87. The fraction of sp³-hybridized carbons (Fsp3) is 0.176. The van der Waals surface area contributed by atoms with Crippen molar-refractivity contribution in [1.82, 2.24) is 14.8 Å². The Kier molecular flexibility index (Phi) is 3.90. The lowest BCUT2D eigenvalue weighted by Gasteiger charge is -2.32. The zero-order valence-electron chi connectivity index (χ0n) is 12.5. The van der Waals surface area contributed by atoms with Gasteiger partial charge in [-0.05, 0) is 41.8 Å². The molecule has 0 saturated carbocycles. The van der Waals surface area contributed by atoms with E-state index in [0.29, 0.717) is 22.4 Å². The van der Waals surface area contributed by atoms with Gasteiger partial charge in [0.25, 0.3) is 0 Å². The average molecular weight is 363 g/mol. The zero-order valence-corrected chi connectivity index (χ0v) is 14.0. The van der Waals surface area contributed by atoms with Crippen molar-refractivity contribution in [2.24, 2.45) is 0 Å². The maximum absolute atomic E-state index is 13.2. The number of halogens is 3. The molecule has 2 aromatic carbocycles. The minimum Gasteiger partial charge on any atom is -0.348 e. The first kappa shape index (κ1) is 15.4. The van der Waals surface area contributed by atoms with Gasteiger partial charge in [-0.3, -0.25) is 0 Å². The third-order valence-corrected chi connectivity index (χ3v) is 4.79. The van der Waals surface area contributed by atoms with Gasteiger partial charge in [-0.2, -0.15) is 10.1 Å². The molecular formula is C17H13Cl2FN4. The molecule has 0 saturated heterocycles. The monoisotopic (exact) mass is 362 g/mol. The van der Waals surface area contributed by atoms with Crippen LogP contribution in [0.15, 0.2) is 48.8 Å². The molecule has 1 aliphatic heterocycles. The SMILES string of the molecule is Fc1ccc([C@@H]2C[C@@H](c3ccc(Cl)cc3Cl)n3ncnc3N2)cc1. The third-order valence-electron chi connectivity index (χ3n) is 4.22. The number of aromatic nitrogens is 3. The Hall–Kier alpha value is -2.11. The number of hydrogen-bond acceptors (Lipinski definition) is 3.